The van der Waals surface area contributed by atoms with E-state index in [2.05, 4.69) is 15.2 Å². The van der Waals surface area contributed by atoms with Gasteiger partial charge >= 0.3 is 0 Å². The summed E-state index contributed by atoms with van der Waals surface area (Å²) < 4.78 is 5.61. The number of aromatic nitrogens is 3. The number of nitrogens with zero attached hydrogens (tertiary/aromatic N) is 3. The number of rotatable bonds is 3. The van der Waals surface area contributed by atoms with Gasteiger partial charge in [0.1, 0.15) is 0 Å². The summed E-state index contributed by atoms with van der Waals surface area (Å²) in [4.78, 5) is 4.02. The molecule has 2 heterocycles. The van der Waals surface area contributed by atoms with Crippen LogP contribution in [-0.4, -0.2) is 15.2 Å². The number of benzene rings is 1. The van der Waals surface area contributed by atoms with Gasteiger partial charge in [0.2, 0.25) is 11.8 Å². The molecule has 0 amide bonds. The third-order valence-corrected chi connectivity index (χ3v) is 2.71. The minimum absolute atomic E-state index is 0.485. The summed E-state index contributed by atoms with van der Waals surface area (Å²) in [5.41, 5.74) is 8.28. The molecule has 0 saturated carbocycles. The van der Waals surface area contributed by atoms with Crippen molar-refractivity contribution in [2.24, 2.45) is 0 Å². The summed E-state index contributed by atoms with van der Waals surface area (Å²) in [5.74, 6) is 1.06. The second-order valence-electron chi connectivity index (χ2n) is 4.16. The Bertz CT molecular complexity index is 661. The van der Waals surface area contributed by atoms with Gasteiger partial charge in [-0.3, -0.25) is 4.98 Å². The molecule has 0 aliphatic rings. The molecule has 0 spiro atoms. The largest absolute Gasteiger partial charge is 0.420 e. The van der Waals surface area contributed by atoms with Crippen molar-refractivity contribution in [1.29, 1.82) is 0 Å². The molecule has 0 radical (unpaired) electrons. The molecule has 5 nitrogen and oxygen atoms in total. The molecule has 2 N–H and O–H groups in total. The van der Waals surface area contributed by atoms with Gasteiger partial charge in [0.25, 0.3) is 0 Å². The quantitative estimate of drug-likeness (QED) is 0.724. The van der Waals surface area contributed by atoms with E-state index in [4.69, 9.17) is 10.2 Å². The van der Waals surface area contributed by atoms with Crippen LogP contribution in [-0.2, 0) is 6.42 Å². The van der Waals surface area contributed by atoms with Gasteiger partial charge in [0.05, 0.1) is 12.0 Å². The maximum absolute atomic E-state index is 5.64. The molecule has 3 aromatic rings. The van der Waals surface area contributed by atoms with Gasteiger partial charge in [-0.2, -0.15) is 0 Å². The zero-order valence-corrected chi connectivity index (χ0v) is 10.2. The van der Waals surface area contributed by atoms with Crippen LogP contribution < -0.4 is 5.73 Å². The summed E-state index contributed by atoms with van der Waals surface area (Å²) >= 11 is 0. The van der Waals surface area contributed by atoms with Crippen LogP contribution in [0.25, 0.3) is 11.5 Å². The number of hydrogen-bond donors (Lipinski definition) is 1. The number of pyridine rings is 1. The van der Waals surface area contributed by atoms with Crippen LogP contribution in [0.4, 0.5) is 5.69 Å². The minimum atomic E-state index is 0.485. The topological polar surface area (TPSA) is 77.8 Å². The Kier molecular flexibility index (Phi) is 2.94. The van der Waals surface area contributed by atoms with E-state index in [9.17, 15) is 0 Å². The van der Waals surface area contributed by atoms with E-state index in [0.29, 0.717) is 18.2 Å². The van der Waals surface area contributed by atoms with Crippen molar-refractivity contribution in [2.45, 2.75) is 6.42 Å². The van der Waals surface area contributed by atoms with E-state index in [-0.39, 0.29) is 0 Å². The standard InChI is InChI=1S/C14H12N4O/c15-12-5-3-10(4-6-12)8-13-17-18-14(19-13)11-2-1-7-16-9-11/h1-7,9H,8,15H2. The summed E-state index contributed by atoms with van der Waals surface area (Å²) in [7, 11) is 0. The van der Waals surface area contributed by atoms with Gasteiger partial charge in [-0.25, -0.2) is 0 Å². The van der Waals surface area contributed by atoms with E-state index < -0.39 is 0 Å². The molecule has 0 atom stereocenters. The molecule has 0 fully saturated rings. The predicted molar refractivity (Wildman–Crippen MR) is 71.2 cm³/mol. The van der Waals surface area contributed by atoms with E-state index in [1.54, 1.807) is 12.4 Å². The SMILES string of the molecule is Nc1ccc(Cc2nnc(-c3cccnc3)o2)cc1. The fraction of sp³-hybridized carbons (Fsp3) is 0.0714. The molecule has 2 aromatic heterocycles. The predicted octanol–water partition coefficient (Wildman–Crippen LogP) is 2.30. The average Bonchev–Trinajstić information content (AvgIpc) is 2.91. The van der Waals surface area contributed by atoms with Crippen LogP contribution in [0.3, 0.4) is 0 Å². The van der Waals surface area contributed by atoms with Crippen molar-refractivity contribution in [1.82, 2.24) is 15.2 Å². The zero-order chi connectivity index (χ0) is 13.1. The summed E-state index contributed by atoms with van der Waals surface area (Å²) in [6, 6.07) is 11.3. The first-order valence-electron chi connectivity index (χ1n) is 5.88. The Balaban J connectivity index is 1.80. The second-order valence-corrected chi connectivity index (χ2v) is 4.16. The normalized spacial score (nSPS) is 10.5. The zero-order valence-electron chi connectivity index (χ0n) is 10.2. The molecule has 0 aliphatic heterocycles. The first kappa shape index (κ1) is 11.4. The number of hydrogen-bond acceptors (Lipinski definition) is 5. The van der Waals surface area contributed by atoms with E-state index >= 15 is 0 Å². The summed E-state index contributed by atoms with van der Waals surface area (Å²) in [6.45, 7) is 0. The number of nitrogens with two attached hydrogens (primary N) is 1. The third-order valence-electron chi connectivity index (χ3n) is 2.71. The molecular weight excluding hydrogens is 240 g/mol. The van der Waals surface area contributed by atoms with Gasteiger partial charge in [-0.05, 0) is 29.8 Å². The first-order valence-corrected chi connectivity index (χ1v) is 5.88. The lowest BCUT2D eigenvalue weighted by molar-refractivity contribution is 0.518. The molecule has 5 heteroatoms. The second kappa shape index (κ2) is 4.89. The molecule has 0 bridgehead atoms. The highest BCUT2D eigenvalue weighted by molar-refractivity contribution is 5.50. The molecule has 19 heavy (non-hydrogen) atoms. The Labute approximate surface area is 110 Å². The van der Waals surface area contributed by atoms with Crippen LogP contribution in [0, 0.1) is 0 Å². The van der Waals surface area contributed by atoms with Crippen LogP contribution in [0.5, 0.6) is 0 Å². The van der Waals surface area contributed by atoms with Crippen LogP contribution in [0.15, 0.2) is 53.2 Å². The average molecular weight is 252 g/mol. The van der Waals surface area contributed by atoms with Gasteiger partial charge < -0.3 is 10.2 Å². The fourth-order valence-electron chi connectivity index (χ4n) is 1.74. The minimum Gasteiger partial charge on any atom is -0.420 e. The molecule has 94 valence electrons. The van der Waals surface area contributed by atoms with Gasteiger partial charge in [0, 0.05) is 18.1 Å². The Morgan fingerprint density at radius 2 is 1.89 bits per heavy atom. The third kappa shape index (κ3) is 2.60. The molecule has 0 unspecified atom stereocenters. The molecule has 1 aromatic carbocycles. The molecule has 3 rings (SSSR count). The van der Waals surface area contributed by atoms with Crippen molar-refractivity contribution in [3.63, 3.8) is 0 Å². The smallest absolute Gasteiger partial charge is 0.249 e. The molecule has 0 aliphatic carbocycles. The lowest BCUT2D eigenvalue weighted by Crippen LogP contribution is -1.90. The Morgan fingerprint density at radius 1 is 1.05 bits per heavy atom. The highest BCUT2D eigenvalue weighted by Crippen LogP contribution is 2.18. The van der Waals surface area contributed by atoms with E-state index in [0.717, 1.165) is 16.8 Å². The first-order chi connectivity index (χ1) is 9.31. The summed E-state index contributed by atoms with van der Waals surface area (Å²) in [5, 5.41) is 8.05. The fourth-order valence-corrected chi connectivity index (χ4v) is 1.74. The van der Waals surface area contributed by atoms with E-state index in [1.807, 2.05) is 36.4 Å². The lowest BCUT2D eigenvalue weighted by atomic mass is 10.1. The van der Waals surface area contributed by atoms with Gasteiger partial charge in [-0.1, -0.05) is 12.1 Å². The van der Waals surface area contributed by atoms with Crippen LogP contribution in [0.2, 0.25) is 0 Å². The Morgan fingerprint density at radius 3 is 2.63 bits per heavy atom. The van der Waals surface area contributed by atoms with Crippen LogP contribution in [0.1, 0.15) is 11.5 Å². The summed E-state index contributed by atoms with van der Waals surface area (Å²) in [6.07, 6.45) is 3.99. The Hall–Kier alpha value is -2.69. The van der Waals surface area contributed by atoms with Gasteiger partial charge in [0.15, 0.2) is 0 Å². The van der Waals surface area contributed by atoms with Crippen molar-refractivity contribution in [3.8, 4) is 11.5 Å². The number of nitrogen functional groups attached to an aromatic ring is 1. The highest BCUT2D eigenvalue weighted by atomic mass is 16.4. The van der Waals surface area contributed by atoms with Crippen LogP contribution >= 0.6 is 0 Å². The highest BCUT2D eigenvalue weighted by Gasteiger charge is 2.08. The van der Waals surface area contributed by atoms with Crippen molar-refractivity contribution in [2.75, 3.05) is 5.73 Å². The van der Waals surface area contributed by atoms with E-state index in [1.165, 1.54) is 0 Å². The maximum atomic E-state index is 5.64. The number of anilines is 1. The van der Waals surface area contributed by atoms with Crippen molar-refractivity contribution >= 4 is 5.69 Å². The molecule has 0 saturated heterocycles. The maximum Gasteiger partial charge on any atom is 0.249 e. The van der Waals surface area contributed by atoms with Crippen molar-refractivity contribution in [3.05, 3.63) is 60.2 Å². The monoisotopic (exact) mass is 252 g/mol. The van der Waals surface area contributed by atoms with Gasteiger partial charge in [-0.15, -0.1) is 10.2 Å². The van der Waals surface area contributed by atoms with Crippen molar-refractivity contribution < 1.29 is 4.42 Å². The molecular formula is C14H12N4O. The lowest BCUT2D eigenvalue weighted by Gasteiger charge is -1.97.